The molecule has 2 aliphatic heterocycles. The first-order valence-electron chi connectivity index (χ1n) is 23.4. The molecule has 6 atom stereocenters. The van der Waals surface area contributed by atoms with Crippen LogP contribution in [0.25, 0.3) is 20.9 Å². The summed E-state index contributed by atoms with van der Waals surface area (Å²) in [6.45, 7) is 13.9. The quantitative estimate of drug-likeness (QED) is 0.0741. The standard InChI is InChI=1S/C50H66N8O10S2/c1-29-41(69-27-53-29)33-13-9-31(10-14-33)21-51-45(63)37-19-35(59)23-57(37)47(65)43(49(3,4)5)55-39(61)25-67-17-18-68-26-40(62)56-44(50(6,7)8)48(66)58-24-36(60)20-38(58)46(64)52-22-32-11-15-34(16-12-32)42-30(2)54-28-70-42/h9-16,27-28,35-38,43-44,59-60H,17-26H2,1-8H3,(H,51,63)(H,52,64)(H,55,61)(H,56,62)/t35-,36-,37+,38+,43-,44-/m1/s1. The maximum atomic E-state index is 14.0. The minimum atomic E-state index is -1.05. The second kappa shape index (κ2) is 23.5. The van der Waals surface area contributed by atoms with Crippen LogP contribution in [0.5, 0.6) is 0 Å². The average Bonchev–Trinajstić information content (AvgIpc) is 4.13. The molecular weight excluding hydrogens is 937 g/mol. The van der Waals surface area contributed by atoms with Gasteiger partial charge in [0, 0.05) is 39.0 Å². The summed E-state index contributed by atoms with van der Waals surface area (Å²) in [6, 6.07) is 11.5. The second-order valence-corrected chi connectivity index (χ2v) is 21.7. The summed E-state index contributed by atoms with van der Waals surface area (Å²) in [7, 11) is 0. The Labute approximate surface area is 416 Å². The van der Waals surface area contributed by atoms with Crippen molar-refractivity contribution < 1.29 is 48.5 Å². The summed E-state index contributed by atoms with van der Waals surface area (Å²) in [5.41, 5.74) is 7.70. The van der Waals surface area contributed by atoms with Crippen molar-refractivity contribution in [2.75, 3.05) is 39.5 Å². The number of hydrogen-bond donors (Lipinski definition) is 6. The molecule has 0 spiro atoms. The third-order valence-electron chi connectivity index (χ3n) is 12.3. The molecule has 6 N–H and O–H groups in total. The molecule has 0 bridgehead atoms. The fourth-order valence-electron chi connectivity index (χ4n) is 8.41. The lowest BCUT2D eigenvalue weighted by molar-refractivity contribution is -0.145. The number of β-amino-alcohol motifs (C(OH)–C–C–N with tert-alkyl or cyclic N) is 2. The molecule has 2 saturated heterocycles. The van der Waals surface area contributed by atoms with E-state index in [0.29, 0.717) is 0 Å². The zero-order chi connectivity index (χ0) is 50.9. The molecule has 2 aromatic carbocycles. The maximum Gasteiger partial charge on any atom is 0.246 e. The number of aliphatic hydroxyl groups excluding tert-OH is 2. The highest BCUT2D eigenvalue weighted by Gasteiger charge is 2.46. The Kier molecular flexibility index (Phi) is 18.0. The van der Waals surface area contributed by atoms with Crippen molar-refractivity contribution in [1.82, 2.24) is 41.0 Å². The summed E-state index contributed by atoms with van der Waals surface area (Å²) < 4.78 is 11.0. The Balaban J connectivity index is 0.929. The summed E-state index contributed by atoms with van der Waals surface area (Å²) in [6.07, 6.45) is -1.75. The van der Waals surface area contributed by atoms with Gasteiger partial charge in [0.1, 0.15) is 37.4 Å². The van der Waals surface area contributed by atoms with Gasteiger partial charge in [0.25, 0.3) is 0 Å². The number of nitrogens with one attached hydrogen (secondary N) is 4. The van der Waals surface area contributed by atoms with E-state index in [9.17, 15) is 39.0 Å². The van der Waals surface area contributed by atoms with Crippen molar-refractivity contribution in [3.05, 3.63) is 82.1 Å². The van der Waals surface area contributed by atoms with Crippen molar-refractivity contribution in [3.8, 4) is 20.9 Å². The lowest BCUT2D eigenvalue weighted by Gasteiger charge is -2.35. The first kappa shape index (κ1) is 53.7. The van der Waals surface area contributed by atoms with Gasteiger partial charge in [0.05, 0.1) is 57.6 Å². The van der Waals surface area contributed by atoms with Crippen LogP contribution in [-0.4, -0.2) is 141 Å². The molecule has 4 heterocycles. The minimum absolute atomic E-state index is 0.0498. The molecule has 0 saturated carbocycles. The van der Waals surface area contributed by atoms with Gasteiger partial charge in [-0.2, -0.15) is 0 Å². The number of ether oxygens (including phenoxy) is 2. The summed E-state index contributed by atoms with van der Waals surface area (Å²) in [5, 5.41) is 32.4. The van der Waals surface area contributed by atoms with Crippen LogP contribution in [0.1, 0.15) is 76.9 Å². The van der Waals surface area contributed by atoms with Gasteiger partial charge in [0.2, 0.25) is 35.4 Å². The van der Waals surface area contributed by atoms with Crippen molar-refractivity contribution in [2.24, 2.45) is 10.8 Å². The fraction of sp³-hybridized carbons (Fsp3) is 0.520. The number of aryl methyl sites for hydroxylation is 2. The van der Waals surface area contributed by atoms with Crippen molar-refractivity contribution >= 4 is 58.1 Å². The molecule has 70 heavy (non-hydrogen) atoms. The molecule has 0 radical (unpaired) electrons. The lowest BCUT2D eigenvalue weighted by Crippen LogP contribution is -2.58. The van der Waals surface area contributed by atoms with Crippen LogP contribution in [0.3, 0.4) is 0 Å². The van der Waals surface area contributed by atoms with Gasteiger partial charge in [-0.3, -0.25) is 28.8 Å². The van der Waals surface area contributed by atoms with E-state index in [-0.39, 0.29) is 52.2 Å². The number of aliphatic hydroxyl groups is 2. The van der Waals surface area contributed by atoms with Crippen molar-refractivity contribution in [3.63, 3.8) is 0 Å². The van der Waals surface area contributed by atoms with E-state index >= 15 is 0 Å². The summed E-state index contributed by atoms with van der Waals surface area (Å²) in [4.78, 5) is 94.6. The van der Waals surface area contributed by atoms with E-state index in [1.165, 1.54) is 9.80 Å². The number of nitrogens with zero attached hydrogens (tertiary/aromatic N) is 4. The number of carbonyl (C=O) groups is 6. The third kappa shape index (κ3) is 14.0. The number of thiazole rings is 2. The van der Waals surface area contributed by atoms with E-state index in [4.69, 9.17) is 9.47 Å². The monoisotopic (exact) mass is 1000 g/mol. The first-order valence-corrected chi connectivity index (χ1v) is 25.1. The zero-order valence-corrected chi connectivity index (χ0v) is 42.7. The Bertz CT molecular complexity index is 2290. The SMILES string of the molecule is Cc1ncsc1-c1ccc(CNC(=O)[C@@H]2C[C@@H](O)CN2C(=O)[C@@H](NC(=O)COCCOCC(=O)N[C@H](C(=O)N2C[C@H](O)C[C@H]2C(=O)NCc2ccc(-c3scnc3C)cc2)C(C)(C)C)C(C)(C)C)cc1. The van der Waals surface area contributed by atoms with Crippen LogP contribution in [0.4, 0.5) is 0 Å². The molecule has 2 aromatic heterocycles. The number of likely N-dealkylation sites (tertiary alicyclic amines) is 2. The van der Waals surface area contributed by atoms with Crippen LogP contribution in [0.2, 0.25) is 0 Å². The van der Waals surface area contributed by atoms with E-state index in [1.807, 2.05) is 62.4 Å². The molecule has 6 rings (SSSR count). The van der Waals surface area contributed by atoms with Gasteiger partial charge < -0.3 is 50.8 Å². The number of rotatable bonds is 19. The highest BCUT2D eigenvalue weighted by molar-refractivity contribution is 7.13. The first-order chi connectivity index (χ1) is 33.1. The summed E-state index contributed by atoms with van der Waals surface area (Å²) >= 11 is 3.11. The summed E-state index contributed by atoms with van der Waals surface area (Å²) in [5.74, 6) is -3.04. The highest BCUT2D eigenvalue weighted by Crippen LogP contribution is 2.31. The largest absolute Gasteiger partial charge is 0.391 e. The van der Waals surface area contributed by atoms with Crippen LogP contribution in [-0.2, 0) is 51.3 Å². The molecule has 6 amide bonds. The molecule has 2 aliphatic rings. The van der Waals surface area contributed by atoms with Crippen LogP contribution in [0.15, 0.2) is 59.6 Å². The fourth-order valence-corrected chi connectivity index (χ4v) is 10.0. The molecular formula is C50H66N8O10S2. The Morgan fingerprint density at radius 2 is 0.986 bits per heavy atom. The number of amides is 6. The normalized spacial score (nSPS) is 19.1. The van der Waals surface area contributed by atoms with Crippen LogP contribution in [0, 0.1) is 24.7 Å². The van der Waals surface area contributed by atoms with Gasteiger partial charge in [-0.1, -0.05) is 90.1 Å². The Hall–Kier alpha value is -5.64. The van der Waals surface area contributed by atoms with Crippen molar-refractivity contribution in [2.45, 2.75) is 118 Å². The third-order valence-corrected chi connectivity index (χ3v) is 14.2. The van der Waals surface area contributed by atoms with Gasteiger partial charge in [0.15, 0.2) is 0 Å². The maximum absolute atomic E-state index is 14.0. The van der Waals surface area contributed by atoms with Gasteiger partial charge in [-0.15, -0.1) is 22.7 Å². The van der Waals surface area contributed by atoms with E-state index in [1.54, 1.807) is 75.2 Å². The van der Waals surface area contributed by atoms with Gasteiger partial charge in [-0.25, -0.2) is 9.97 Å². The number of carbonyl (C=O) groups excluding carboxylic acids is 6. The van der Waals surface area contributed by atoms with Gasteiger partial charge in [-0.05, 0) is 46.9 Å². The number of aromatic nitrogens is 2. The molecule has 378 valence electrons. The number of benzene rings is 2. The van der Waals surface area contributed by atoms with Gasteiger partial charge >= 0.3 is 0 Å². The molecule has 20 heteroatoms. The Morgan fingerprint density at radius 1 is 0.629 bits per heavy atom. The number of hydrogen-bond acceptors (Lipinski definition) is 14. The van der Waals surface area contributed by atoms with E-state index < -0.39 is 95.9 Å². The lowest BCUT2D eigenvalue weighted by atomic mass is 9.85. The van der Waals surface area contributed by atoms with E-state index in [0.717, 1.165) is 43.4 Å². The molecule has 2 fully saturated rings. The van der Waals surface area contributed by atoms with Crippen molar-refractivity contribution in [1.29, 1.82) is 0 Å². The molecule has 0 unspecified atom stereocenters. The predicted octanol–water partition coefficient (Wildman–Crippen LogP) is 3.50. The topological polar surface area (TPSA) is 242 Å². The molecule has 18 nitrogen and oxygen atoms in total. The van der Waals surface area contributed by atoms with E-state index in [2.05, 4.69) is 31.2 Å². The second-order valence-electron chi connectivity index (χ2n) is 20.0. The van der Waals surface area contributed by atoms with Crippen LogP contribution >= 0.6 is 22.7 Å². The van der Waals surface area contributed by atoms with Crippen LogP contribution < -0.4 is 21.3 Å². The Morgan fingerprint density at radius 3 is 1.30 bits per heavy atom. The predicted molar refractivity (Wildman–Crippen MR) is 265 cm³/mol. The highest BCUT2D eigenvalue weighted by atomic mass is 32.1. The molecule has 4 aromatic rings. The smallest absolute Gasteiger partial charge is 0.246 e. The average molecular weight is 1000 g/mol. The zero-order valence-electron chi connectivity index (χ0n) is 41.1. The minimum Gasteiger partial charge on any atom is -0.391 e. The molecule has 0 aliphatic carbocycles.